The number of thiocarbonyl (C=S) groups is 1. The number of hydrogen-bond donors (Lipinski definition) is 2. The van der Waals surface area contributed by atoms with E-state index in [1.54, 1.807) is 24.3 Å². The van der Waals surface area contributed by atoms with Gasteiger partial charge in [-0.25, -0.2) is 0 Å². The van der Waals surface area contributed by atoms with Crippen molar-refractivity contribution >= 4 is 40.9 Å². The Morgan fingerprint density at radius 1 is 1.32 bits per heavy atom. The van der Waals surface area contributed by atoms with Crippen LogP contribution in [-0.4, -0.2) is 28.1 Å². The van der Waals surface area contributed by atoms with Crippen LogP contribution in [0.2, 0.25) is 5.02 Å². The number of carbonyl (C=O) groups is 1. The number of halogens is 1. The molecule has 7 heteroatoms. The van der Waals surface area contributed by atoms with E-state index in [0.717, 1.165) is 5.56 Å². The molecule has 0 unspecified atom stereocenters. The lowest BCUT2D eigenvalue weighted by molar-refractivity contribution is -0.122. The molecule has 3 rings (SSSR count). The third-order valence-corrected chi connectivity index (χ3v) is 4.45. The first-order valence-electron chi connectivity index (χ1n) is 7.44. The van der Waals surface area contributed by atoms with Crippen molar-refractivity contribution in [3.63, 3.8) is 0 Å². The first-order chi connectivity index (χ1) is 12.0. The van der Waals surface area contributed by atoms with E-state index < -0.39 is 0 Å². The van der Waals surface area contributed by atoms with Gasteiger partial charge in [0.25, 0.3) is 5.91 Å². The molecule has 2 aromatic rings. The molecule has 0 aromatic heterocycles. The molecule has 5 nitrogen and oxygen atoms in total. The molecule has 0 atom stereocenters. The van der Waals surface area contributed by atoms with Gasteiger partial charge >= 0.3 is 0 Å². The molecule has 25 heavy (non-hydrogen) atoms. The first-order valence-corrected chi connectivity index (χ1v) is 8.23. The van der Waals surface area contributed by atoms with Crippen molar-refractivity contribution < 1.29 is 14.6 Å². The van der Waals surface area contributed by atoms with Crippen LogP contribution in [0.25, 0.3) is 6.08 Å². The van der Waals surface area contributed by atoms with Crippen molar-refractivity contribution in [1.82, 2.24) is 10.2 Å². The third-order valence-electron chi connectivity index (χ3n) is 3.76. The zero-order chi connectivity index (χ0) is 18.0. The number of nitrogens with one attached hydrogen (secondary N) is 1. The molecule has 2 aromatic carbocycles. The van der Waals surface area contributed by atoms with E-state index in [1.165, 1.54) is 18.1 Å². The number of methoxy groups -OCH3 is 1. The van der Waals surface area contributed by atoms with E-state index in [0.29, 0.717) is 33.7 Å². The Balaban J connectivity index is 1.85. The van der Waals surface area contributed by atoms with E-state index in [-0.39, 0.29) is 11.7 Å². The Morgan fingerprint density at radius 2 is 2.08 bits per heavy atom. The lowest BCUT2D eigenvalue weighted by atomic mass is 10.1. The molecule has 0 aliphatic carbocycles. The molecule has 0 radical (unpaired) electrons. The van der Waals surface area contributed by atoms with Gasteiger partial charge in [-0.15, -0.1) is 0 Å². The number of phenols is 1. The molecule has 2 N–H and O–H groups in total. The van der Waals surface area contributed by atoms with Crippen molar-refractivity contribution in [1.29, 1.82) is 0 Å². The second-order valence-electron chi connectivity index (χ2n) is 5.40. The highest BCUT2D eigenvalue weighted by Gasteiger charge is 2.31. The lowest BCUT2D eigenvalue weighted by Gasteiger charge is -2.14. The van der Waals surface area contributed by atoms with Gasteiger partial charge in [0.1, 0.15) is 5.70 Å². The number of benzene rings is 2. The van der Waals surface area contributed by atoms with Gasteiger partial charge in [-0.05, 0) is 47.6 Å². The third kappa shape index (κ3) is 3.60. The summed E-state index contributed by atoms with van der Waals surface area (Å²) in [6.45, 7) is 0.292. The highest BCUT2D eigenvalue weighted by Crippen LogP contribution is 2.28. The summed E-state index contributed by atoms with van der Waals surface area (Å²) in [6, 6.07) is 12.1. The highest BCUT2D eigenvalue weighted by molar-refractivity contribution is 7.80. The van der Waals surface area contributed by atoms with Gasteiger partial charge in [-0.2, -0.15) is 0 Å². The van der Waals surface area contributed by atoms with E-state index >= 15 is 0 Å². The zero-order valence-corrected chi connectivity index (χ0v) is 14.9. The van der Waals surface area contributed by atoms with Crippen LogP contribution in [-0.2, 0) is 11.3 Å². The minimum Gasteiger partial charge on any atom is -0.504 e. The molecule has 0 saturated carbocycles. The van der Waals surface area contributed by atoms with Crippen molar-refractivity contribution in [3.05, 3.63) is 64.3 Å². The predicted molar refractivity (Wildman–Crippen MR) is 100 cm³/mol. The summed E-state index contributed by atoms with van der Waals surface area (Å²) in [6.07, 6.45) is 1.66. The Kier molecular flexibility index (Phi) is 4.92. The number of ether oxygens (including phenoxy) is 1. The molecule has 128 valence electrons. The van der Waals surface area contributed by atoms with Gasteiger partial charge < -0.3 is 15.2 Å². The maximum atomic E-state index is 12.6. The summed E-state index contributed by atoms with van der Waals surface area (Å²) >= 11 is 11.4. The number of aromatic hydroxyl groups is 1. The van der Waals surface area contributed by atoms with Gasteiger partial charge in [0, 0.05) is 5.02 Å². The number of phenolic OH excluding ortho intramolecular Hbond substituents is 1. The second kappa shape index (κ2) is 7.13. The molecule has 0 bridgehead atoms. The van der Waals surface area contributed by atoms with E-state index in [9.17, 15) is 9.90 Å². The number of nitrogens with zero attached hydrogens (tertiary/aromatic N) is 1. The van der Waals surface area contributed by atoms with Gasteiger partial charge in [0.15, 0.2) is 16.6 Å². The Hall–Kier alpha value is -2.57. The molecular weight excluding hydrogens is 360 g/mol. The number of rotatable bonds is 4. The molecule has 1 aliphatic rings. The average Bonchev–Trinajstić information content (AvgIpc) is 2.86. The molecule has 1 amide bonds. The van der Waals surface area contributed by atoms with Gasteiger partial charge in [-0.3, -0.25) is 9.69 Å². The highest BCUT2D eigenvalue weighted by atomic mass is 35.5. The van der Waals surface area contributed by atoms with Crippen LogP contribution >= 0.6 is 23.8 Å². The monoisotopic (exact) mass is 374 g/mol. The molecule has 1 fully saturated rings. The Labute approximate surface area is 155 Å². The maximum absolute atomic E-state index is 12.6. The van der Waals surface area contributed by atoms with Crippen molar-refractivity contribution in [2.45, 2.75) is 6.54 Å². The molecule has 1 aliphatic heterocycles. The van der Waals surface area contributed by atoms with Crippen molar-refractivity contribution in [2.24, 2.45) is 0 Å². The van der Waals surface area contributed by atoms with E-state index in [1.807, 2.05) is 18.2 Å². The summed E-state index contributed by atoms with van der Waals surface area (Å²) in [4.78, 5) is 14.1. The summed E-state index contributed by atoms with van der Waals surface area (Å²) < 4.78 is 5.08. The van der Waals surface area contributed by atoms with Gasteiger partial charge in [-0.1, -0.05) is 35.9 Å². The van der Waals surface area contributed by atoms with Crippen LogP contribution in [0.15, 0.2) is 48.2 Å². The van der Waals surface area contributed by atoms with Gasteiger partial charge in [0.05, 0.1) is 13.7 Å². The van der Waals surface area contributed by atoms with Crippen LogP contribution in [0.5, 0.6) is 11.5 Å². The lowest BCUT2D eigenvalue weighted by Crippen LogP contribution is -2.30. The topological polar surface area (TPSA) is 61.8 Å². The second-order valence-corrected chi connectivity index (χ2v) is 6.20. The van der Waals surface area contributed by atoms with E-state index in [2.05, 4.69) is 5.32 Å². The standard InChI is InChI=1S/C18H15ClN2O3S/c1-24-16-9-11(6-7-15(16)22)8-14-17(23)21(18(25)20-14)10-12-4-2-3-5-13(12)19/h2-9,22H,10H2,1H3,(H,20,25)/b14-8+. The molecule has 1 saturated heterocycles. The number of carbonyl (C=O) groups excluding carboxylic acids is 1. The van der Waals surface area contributed by atoms with Crippen LogP contribution in [0.1, 0.15) is 11.1 Å². The fraction of sp³-hybridized carbons (Fsp3) is 0.111. The predicted octanol–water partition coefficient (Wildman–Crippen LogP) is 3.31. The SMILES string of the molecule is COc1cc(/C=C2/NC(=S)N(Cc3ccccc3Cl)C2=O)ccc1O. The molecular formula is C18H15ClN2O3S. The largest absolute Gasteiger partial charge is 0.504 e. The van der Waals surface area contributed by atoms with Crippen LogP contribution in [0, 0.1) is 0 Å². The number of hydrogen-bond acceptors (Lipinski definition) is 4. The Morgan fingerprint density at radius 3 is 2.80 bits per heavy atom. The maximum Gasteiger partial charge on any atom is 0.276 e. The van der Waals surface area contributed by atoms with E-state index in [4.69, 9.17) is 28.6 Å². The first kappa shape index (κ1) is 17.3. The summed E-state index contributed by atoms with van der Waals surface area (Å²) in [5.41, 5.74) is 1.87. The summed E-state index contributed by atoms with van der Waals surface area (Å²) in [5, 5.41) is 13.5. The summed E-state index contributed by atoms with van der Waals surface area (Å²) in [5.74, 6) is 0.124. The van der Waals surface area contributed by atoms with Crippen LogP contribution < -0.4 is 10.1 Å². The van der Waals surface area contributed by atoms with Gasteiger partial charge in [0.2, 0.25) is 0 Å². The zero-order valence-electron chi connectivity index (χ0n) is 13.3. The average molecular weight is 375 g/mol. The number of amides is 1. The summed E-state index contributed by atoms with van der Waals surface area (Å²) in [7, 11) is 1.46. The smallest absolute Gasteiger partial charge is 0.276 e. The van der Waals surface area contributed by atoms with Crippen molar-refractivity contribution in [3.8, 4) is 11.5 Å². The Bertz CT molecular complexity index is 882. The van der Waals surface area contributed by atoms with Crippen molar-refractivity contribution in [2.75, 3.05) is 7.11 Å². The quantitative estimate of drug-likeness (QED) is 0.635. The fourth-order valence-corrected chi connectivity index (χ4v) is 2.92. The molecule has 1 heterocycles. The fourth-order valence-electron chi connectivity index (χ4n) is 2.46. The van der Waals surface area contributed by atoms with Crippen LogP contribution in [0.3, 0.4) is 0 Å². The normalized spacial score (nSPS) is 15.6. The van der Waals surface area contributed by atoms with Crippen LogP contribution in [0.4, 0.5) is 0 Å². The molecule has 0 spiro atoms. The minimum atomic E-state index is -0.239. The minimum absolute atomic E-state index is 0.0335.